The molecule has 0 atom stereocenters. The first-order valence-corrected chi connectivity index (χ1v) is 6.88. The Balaban J connectivity index is 2.14. The third-order valence-corrected chi connectivity index (χ3v) is 3.36. The number of methoxy groups -OCH3 is 1. The fourth-order valence-corrected chi connectivity index (χ4v) is 2.24. The molecule has 0 aliphatic carbocycles. The van der Waals surface area contributed by atoms with Gasteiger partial charge in [-0.1, -0.05) is 0 Å². The molecular formula is C17H11F3N2O2. The van der Waals surface area contributed by atoms with Gasteiger partial charge >= 0.3 is 5.97 Å². The van der Waals surface area contributed by atoms with Gasteiger partial charge in [0.25, 0.3) is 0 Å². The molecule has 1 aromatic heterocycles. The summed E-state index contributed by atoms with van der Waals surface area (Å²) < 4.78 is 44.6. The molecule has 0 bridgehead atoms. The van der Waals surface area contributed by atoms with Crippen LogP contribution in [-0.2, 0) is 4.74 Å². The second-order valence-electron chi connectivity index (χ2n) is 4.96. The number of hydrogen-bond acceptors (Lipinski definition) is 4. The van der Waals surface area contributed by atoms with Gasteiger partial charge in [-0.2, -0.15) is 0 Å². The van der Waals surface area contributed by atoms with Crippen LogP contribution in [0.2, 0.25) is 0 Å². The fourth-order valence-electron chi connectivity index (χ4n) is 2.24. The maximum atomic E-state index is 13.5. The number of carbonyl (C=O) groups excluding carboxylic acids is 1. The van der Waals surface area contributed by atoms with Crippen LogP contribution in [0, 0.1) is 17.5 Å². The topological polar surface area (TPSA) is 51.2 Å². The van der Waals surface area contributed by atoms with Crippen molar-refractivity contribution in [2.75, 3.05) is 12.4 Å². The van der Waals surface area contributed by atoms with Gasteiger partial charge in [0, 0.05) is 17.1 Å². The van der Waals surface area contributed by atoms with Crippen LogP contribution in [0.3, 0.4) is 0 Å². The summed E-state index contributed by atoms with van der Waals surface area (Å²) in [6, 6.07) is 8.44. The number of pyridine rings is 1. The van der Waals surface area contributed by atoms with Gasteiger partial charge in [-0.15, -0.1) is 0 Å². The van der Waals surface area contributed by atoms with E-state index >= 15 is 0 Å². The number of carbonyl (C=O) groups is 1. The van der Waals surface area contributed by atoms with Gasteiger partial charge in [-0.25, -0.2) is 22.9 Å². The minimum atomic E-state index is -1.03. The molecule has 122 valence electrons. The van der Waals surface area contributed by atoms with Gasteiger partial charge in [-0.05, 0) is 36.4 Å². The number of anilines is 2. The van der Waals surface area contributed by atoms with Crippen LogP contribution in [0.15, 0.2) is 42.5 Å². The molecule has 0 radical (unpaired) electrons. The molecule has 2 aromatic carbocycles. The van der Waals surface area contributed by atoms with E-state index in [4.69, 9.17) is 0 Å². The molecule has 0 aliphatic heterocycles. The number of rotatable bonds is 3. The lowest BCUT2D eigenvalue weighted by Gasteiger charge is -2.12. The molecule has 0 fully saturated rings. The Morgan fingerprint density at radius 3 is 2.54 bits per heavy atom. The molecule has 7 heteroatoms. The van der Waals surface area contributed by atoms with E-state index in [1.165, 1.54) is 37.4 Å². The average molecular weight is 332 g/mol. The van der Waals surface area contributed by atoms with E-state index in [0.717, 1.165) is 12.1 Å². The lowest BCUT2D eigenvalue weighted by molar-refractivity contribution is 0.0594. The summed E-state index contributed by atoms with van der Waals surface area (Å²) in [6.07, 6.45) is 0. The Bertz CT molecular complexity index is 945. The van der Waals surface area contributed by atoms with Gasteiger partial charge in [-0.3, -0.25) is 0 Å². The van der Waals surface area contributed by atoms with Crippen molar-refractivity contribution in [3.8, 4) is 0 Å². The van der Waals surface area contributed by atoms with Gasteiger partial charge in [0.05, 0.1) is 18.3 Å². The van der Waals surface area contributed by atoms with Crippen LogP contribution >= 0.6 is 0 Å². The van der Waals surface area contributed by atoms with E-state index in [-0.39, 0.29) is 11.4 Å². The zero-order valence-electron chi connectivity index (χ0n) is 12.4. The number of benzene rings is 2. The average Bonchev–Trinajstić information content (AvgIpc) is 2.57. The molecule has 3 rings (SSSR count). The Hall–Kier alpha value is -3.09. The number of fused-ring (bicyclic) bond motifs is 1. The standard InChI is InChI=1S/C17H11F3N2O2/c1-24-17(23)16-8-15(11-6-9(18)2-5-14(11)22-16)21-10-3-4-12(19)13(20)7-10/h2-8H,1H3,(H,21,22). The molecule has 0 aliphatic rings. The van der Waals surface area contributed by atoms with Crippen LogP contribution < -0.4 is 5.32 Å². The number of aromatic nitrogens is 1. The quantitative estimate of drug-likeness (QED) is 0.731. The zero-order valence-corrected chi connectivity index (χ0v) is 12.4. The summed E-state index contributed by atoms with van der Waals surface area (Å²) in [5.74, 6) is -3.18. The third-order valence-electron chi connectivity index (χ3n) is 3.36. The Labute approximate surface area is 134 Å². The van der Waals surface area contributed by atoms with Crippen LogP contribution in [0.1, 0.15) is 10.5 Å². The predicted octanol–water partition coefficient (Wildman–Crippen LogP) is 4.18. The van der Waals surface area contributed by atoms with Gasteiger partial charge in [0.1, 0.15) is 5.82 Å². The lowest BCUT2D eigenvalue weighted by Crippen LogP contribution is -2.06. The molecule has 0 saturated carbocycles. The van der Waals surface area contributed by atoms with E-state index < -0.39 is 23.4 Å². The Morgan fingerprint density at radius 2 is 1.83 bits per heavy atom. The summed E-state index contributed by atoms with van der Waals surface area (Å²) in [5, 5.41) is 3.22. The minimum absolute atomic E-state index is 0.00157. The number of hydrogen-bond donors (Lipinski definition) is 1. The summed E-state index contributed by atoms with van der Waals surface area (Å²) in [5.41, 5.74) is 0.901. The van der Waals surface area contributed by atoms with E-state index in [0.29, 0.717) is 16.6 Å². The molecule has 24 heavy (non-hydrogen) atoms. The zero-order chi connectivity index (χ0) is 17.3. The van der Waals surface area contributed by atoms with E-state index in [9.17, 15) is 18.0 Å². The van der Waals surface area contributed by atoms with Crippen LogP contribution in [0.4, 0.5) is 24.5 Å². The molecule has 3 aromatic rings. The van der Waals surface area contributed by atoms with Gasteiger partial charge in [0.15, 0.2) is 17.3 Å². The fraction of sp³-hybridized carbons (Fsp3) is 0.0588. The largest absolute Gasteiger partial charge is 0.464 e. The van der Waals surface area contributed by atoms with Crippen molar-refractivity contribution in [1.82, 2.24) is 4.98 Å². The maximum Gasteiger partial charge on any atom is 0.356 e. The van der Waals surface area contributed by atoms with Crippen molar-refractivity contribution < 1.29 is 22.7 Å². The molecule has 1 heterocycles. The van der Waals surface area contributed by atoms with Crippen molar-refractivity contribution in [2.45, 2.75) is 0 Å². The first kappa shape index (κ1) is 15.8. The molecule has 4 nitrogen and oxygen atoms in total. The summed E-state index contributed by atoms with van der Waals surface area (Å²) >= 11 is 0. The molecule has 0 amide bonds. The highest BCUT2D eigenvalue weighted by atomic mass is 19.2. The Kier molecular flexibility index (Phi) is 4.07. The molecular weight excluding hydrogens is 321 g/mol. The van der Waals surface area contributed by atoms with E-state index in [2.05, 4.69) is 15.0 Å². The van der Waals surface area contributed by atoms with Crippen molar-refractivity contribution in [2.24, 2.45) is 0 Å². The highest BCUT2D eigenvalue weighted by Crippen LogP contribution is 2.28. The summed E-state index contributed by atoms with van der Waals surface area (Å²) in [7, 11) is 1.21. The smallest absolute Gasteiger partial charge is 0.356 e. The monoisotopic (exact) mass is 332 g/mol. The Morgan fingerprint density at radius 1 is 1.04 bits per heavy atom. The van der Waals surface area contributed by atoms with Crippen LogP contribution in [-0.4, -0.2) is 18.1 Å². The lowest BCUT2D eigenvalue weighted by atomic mass is 10.1. The first-order chi connectivity index (χ1) is 11.5. The highest BCUT2D eigenvalue weighted by Gasteiger charge is 2.14. The number of halogens is 3. The van der Waals surface area contributed by atoms with Crippen molar-refractivity contribution in [3.05, 3.63) is 65.6 Å². The first-order valence-electron chi connectivity index (χ1n) is 6.88. The van der Waals surface area contributed by atoms with Crippen LogP contribution in [0.5, 0.6) is 0 Å². The second-order valence-corrected chi connectivity index (χ2v) is 4.96. The van der Waals surface area contributed by atoms with Crippen molar-refractivity contribution >= 4 is 28.2 Å². The van der Waals surface area contributed by atoms with E-state index in [1.54, 1.807) is 0 Å². The SMILES string of the molecule is COC(=O)c1cc(Nc2ccc(F)c(F)c2)c2cc(F)ccc2n1. The normalized spacial score (nSPS) is 10.7. The van der Waals surface area contributed by atoms with Crippen molar-refractivity contribution in [1.29, 1.82) is 0 Å². The minimum Gasteiger partial charge on any atom is -0.464 e. The molecule has 0 saturated heterocycles. The van der Waals surface area contributed by atoms with Gasteiger partial charge in [0.2, 0.25) is 0 Å². The molecule has 0 unspecified atom stereocenters. The number of esters is 1. The van der Waals surface area contributed by atoms with Gasteiger partial charge < -0.3 is 10.1 Å². The number of ether oxygens (including phenoxy) is 1. The third kappa shape index (κ3) is 3.01. The van der Waals surface area contributed by atoms with Crippen LogP contribution in [0.25, 0.3) is 10.9 Å². The molecule has 1 N–H and O–H groups in total. The summed E-state index contributed by atoms with van der Waals surface area (Å²) in [6.45, 7) is 0. The second kappa shape index (κ2) is 6.19. The van der Waals surface area contributed by atoms with Crippen molar-refractivity contribution in [3.63, 3.8) is 0 Å². The summed E-state index contributed by atoms with van der Waals surface area (Å²) in [4.78, 5) is 15.8. The predicted molar refractivity (Wildman–Crippen MR) is 82.7 cm³/mol. The highest BCUT2D eigenvalue weighted by molar-refractivity contribution is 5.98. The number of nitrogens with zero attached hydrogens (tertiary/aromatic N) is 1. The van der Waals surface area contributed by atoms with E-state index in [1.807, 2.05) is 0 Å². The molecule has 0 spiro atoms. The number of nitrogens with one attached hydrogen (secondary N) is 1. The maximum absolute atomic E-state index is 13.5.